The van der Waals surface area contributed by atoms with Gasteiger partial charge in [-0.2, -0.15) is 0 Å². The number of aryl methyl sites for hydroxylation is 2. The molecule has 0 aliphatic carbocycles. The molecule has 0 saturated carbocycles. The van der Waals surface area contributed by atoms with E-state index in [1.807, 2.05) is 0 Å². The molecule has 1 radical (unpaired) electrons. The number of hydrogen-bond acceptors (Lipinski definition) is 1. The molecule has 0 aliphatic rings. The van der Waals surface area contributed by atoms with Gasteiger partial charge >= 0.3 is 0 Å². The third kappa shape index (κ3) is 0.967. The fourth-order valence-corrected chi connectivity index (χ4v) is 0.700. The summed E-state index contributed by atoms with van der Waals surface area (Å²) >= 11 is 0. The van der Waals surface area contributed by atoms with E-state index in [0.29, 0.717) is 11.1 Å². The first-order valence-electron chi connectivity index (χ1n) is 2.99. The summed E-state index contributed by atoms with van der Waals surface area (Å²) in [6, 6.07) is 4.24. The van der Waals surface area contributed by atoms with E-state index in [-0.39, 0.29) is 5.75 Å². The second kappa shape index (κ2) is 2.29. The van der Waals surface area contributed by atoms with Crippen molar-refractivity contribution >= 4 is 0 Å². The van der Waals surface area contributed by atoms with Crippen molar-refractivity contribution in [1.82, 2.24) is 0 Å². The molecule has 0 spiro atoms. The zero-order valence-electron chi connectivity index (χ0n) is 5.90. The van der Waals surface area contributed by atoms with Crippen LogP contribution in [0, 0.1) is 25.7 Å². The lowest BCUT2D eigenvalue weighted by molar-refractivity contribution is 0.426. The first-order valence-corrected chi connectivity index (χ1v) is 2.99. The van der Waals surface area contributed by atoms with Crippen LogP contribution in [-0.2, 0) is 0 Å². The van der Waals surface area contributed by atoms with Crippen LogP contribution in [0.25, 0.3) is 0 Å². The van der Waals surface area contributed by atoms with Crippen molar-refractivity contribution in [3.63, 3.8) is 0 Å². The molecule has 2 heteroatoms. The zero-order chi connectivity index (χ0) is 7.72. The molecule has 1 rings (SSSR count). The summed E-state index contributed by atoms with van der Waals surface area (Å²) in [5.41, 5.74) is 0.867. The lowest BCUT2D eigenvalue weighted by Crippen LogP contribution is -1.85. The van der Waals surface area contributed by atoms with Gasteiger partial charge in [0.15, 0.2) is 11.6 Å². The highest BCUT2D eigenvalue weighted by Gasteiger charge is 2.05. The van der Waals surface area contributed by atoms with Gasteiger partial charge in [0.2, 0.25) is 0 Å². The summed E-state index contributed by atoms with van der Waals surface area (Å²) in [7, 11) is 0. The van der Waals surface area contributed by atoms with Crippen LogP contribution in [-0.4, -0.2) is 5.11 Å². The van der Waals surface area contributed by atoms with E-state index >= 15 is 0 Å². The summed E-state index contributed by atoms with van der Waals surface area (Å²) in [4.78, 5) is 0. The van der Waals surface area contributed by atoms with Crippen LogP contribution in [0.4, 0.5) is 4.39 Å². The number of aromatic hydroxyl groups is 1. The van der Waals surface area contributed by atoms with Gasteiger partial charge in [0.25, 0.3) is 0 Å². The number of phenols is 1. The molecule has 1 nitrogen and oxygen atoms in total. The Morgan fingerprint density at radius 3 is 2.60 bits per heavy atom. The molecule has 0 atom stereocenters. The molecule has 0 saturated heterocycles. The van der Waals surface area contributed by atoms with Gasteiger partial charge in [-0.25, -0.2) is 4.39 Å². The summed E-state index contributed by atoms with van der Waals surface area (Å²) in [6.07, 6.45) is 0. The van der Waals surface area contributed by atoms with Crippen LogP contribution < -0.4 is 0 Å². The molecule has 0 unspecified atom stereocenters. The van der Waals surface area contributed by atoms with Gasteiger partial charge in [0.1, 0.15) is 0 Å². The lowest BCUT2D eigenvalue weighted by Gasteiger charge is -2.00. The molecule has 1 aromatic carbocycles. The summed E-state index contributed by atoms with van der Waals surface area (Å²) < 4.78 is 12.7. The smallest absolute Gasteiger partial charge is 0.168 e. The van der Waals surface area contributed by atoms with Crippen LogP contribution in [0.2, 0.25) is 0 Å². The fraction of sp³-hybridized carbons (Fsp3) is 0.250. The van der Waals surface area contributed by atoms with Crippen LogP contribution in [0.3, 0.4) is 0 Å². The molecule has 1 aromatic rings. The minimum atomic E-state index is -0.545. The molecular weight excluding hydrogens is 131 g/mol. The van der Waals surface area contributed by atoms with E-state index in [1.54, 1.807) is 13.8 Å². The summed E-state index contributed by atoms with van der Waals surface area (Å²) in [5, 5.41) is 8.98. The maximum atomic E-state index is 12.7. The Bertz CT molecular complexity index is 229. The van der Waals surface area contributed by atoms with Gasteiger partial charge in [-0.1, -0.05) is 0 Å². The Morgan fingerprint density at radius 2 is 2.10 bits per heavy atom. The van der Waals surface area contributed by atoms with Gasteiger partial charge in [-0.05, 0) is 31.5 Å². The van der Waals surface area contributed by atoms with Crippen molar-refractivity contribution in [2.75, 3.05) is 0 Å². The third-order valence-corrected chi connectivity index (χ3v) is 1.41. The quantitative estimate of drug-likeness (QED) is 0.582. The average Bonchev–Trinajstić information content (AvgIpc) is 1.93. The Kier molecular flexibility index (Phi) is 1.62. The first-order chi connectivity index (χ1) is 4.63. The predicted molar refractivity (Wildman–Crippen MR) is 36.4 cm³/mol. The molecule has 0 heterocycles. The lowest BCUT2D eigenvalue weighted by atomic mass is 10.1. The highest BCUT2D eigenvalue weighted by Crippen LogP contribution is 2.21. The molecule has 0 aromatic heterocycles. The van der Waals surface area contributed by atoms with E-state index in [2.05, 4.69) is 6.07 Å². The maximum absolute atomic E-state index is 12.7. The van der Waals surface area contributed by atoms with Crippen molar-refractivity contribution < 1.29 is 9.50 Å². The second-order valence-corrected chi connectivity index (χ2v) is 2.26. The van der Waals surface area contributed by atoms with Crippen molar-refractivity contribution in [1.29, 1.82) is 0 Å². The standard InChI is InChI=1S/C8H8FO/c1-5-3-4-6(2)8(10)7(5)9/h3,10H,1-2H3. The average molecular weight is 139 g/mol. The normalized spacial score (nSPS) is 9.90. The molecular formula is C8H8FO. The molecule has 10 heavy (non-hydrogen) atoms. The van der Waals surface area contributed by atoms with Crippen LogP contribution in [0.1, 0.15) is 11.1 Å². The Morgan fingerprint density at radius 1 is 1.50 bits per heavy atom. The molecule has 0 fully saturated rings. The van der Waals surface area contributed by atoms with E-state index in [1.165, 1.54) is 6.07 Å². The Hall–Kier alpha value is -1.05. The summed E-state index contributed by atoms with van der Waals surface area (Å²) in [5.74, 6) is -0.837. The first kappa shape index (κ1) is 7.06. The highest BCUT2D eigenvalue weighted by molar-refractivity contribution is 5.35. The van der Waals surface area contributed by atoms with Crippen molar-refractivity contribution in [2.45, 2.75) is 13.8 Å². The molecule has 1 N–H and O–H groups in total. The van der Waals surface area contributed by atoms with Crippen LogP contribution in [0.5, 0.6) is 5.75 Å². The topological polar surface area (TPSA) is 20.2 Å². The van der Waals surface area contributed by atoms with Crippen LogP contribution in [0.15, 0.2) is 6.07 Å². The number of benzene rings is 1. The van der Waals surface area contributed by atoms with Crippen molar-refractivity contribution in [3.05, 3.63) is 29.1 Å². The molecule has 53 valence electrons. The number of hydrogen-bond donors (Lipinski definition) is 1. The van der Waals surface area contributed by atoms with E-state index in [4.69, 9.17) is 5.11 Å². The zero-order valence-corrected chi connectivity index (χ0v) is 5.90. The summed E-state index contributed by atoms with van der Waals surface area (Å²) in [6.45, 7) is 3.20. The van der Waals surface area contributed by atoms with E-state index < -0.39 is 5.82 Å². The maximum Gasteiger partial charge on any atom is 0.168 e. The van der Waals surface area contributed by atoms with Crippen molar-refractivity contribution in [3.8, 4) is 5.75 Å². The van der Waals surface area contributed by atoms with Crippen LogP contribution >= 0.6 is 0 Å². The fourth-order valence-electron chi connectivity index (χ4n) is 0.700. The van der Waals surface area contributed by atoms with Gasteiger partial charge < -0.3 is 5.11 Å². The van der Waals surface area contributed by atoms with E-state index in [9.17, 15) is 4.39 Å². The SMILES string of the molecule is Cc1[c]cc(C)c(F)c1O. The van der Waals surface area contributed by atoms with Crippen molar-refractivity contribution in [2.24, 2.45) is 0 Å². The van der Waals surface area contributed by atoms with Gasteiger partial charge in [-0.3, -0.25) is 0 Å². The molecule has 0 aliphatic heterocycles. The Balaban J connectivity index is 3.34. The molecule has 0 amide bonds. The Labute approximate surface area is 59.1 Å². The minimum Gasteiger partial charge on any atom is -0.505 e. The number of phenolic OH excluding ortho intramolecular Hbond substituents is 1. The van der Waals surface area contributed by atoms with Gasteiger partial charge in [0.05, 0.1) is 0 Å². The monoisotopic (exact) mass is 139 g/mol. The largest absolute Gasteiger partial charge is 0.505 e. The number of halogens is 1. The second-order valence-electron chi connectivity index (χ2n) is 2.26. The molecule has 0 bridgehead atoms. The highest BCUT2D eigenvalue weighted by atomic mass is 19.1. The van der Waals surface area contributed by atoms with Gasteiger partial charge in [0, 0.05) is 5.56 Å². The van der Waals surface area contributed by atoms with E-state index in [0.717, 1.165) is 0 Å². The van der Waals surface area contributed by atoms with Gasteiger partial charge in [-0.15, -0.1) is 0 Å². The number of rotatable bonds is 0. The predicted octanol–water partition coefficient (Wildman–Crippen LogP) is 1.95. The minimum absolute atomic E-state index is 0.292. The third-order valence-electron chi connectivity index (χ3n) is 1.41.